The monoisotopic (exact) mass is 691 g/mol. The van der Waals surface area contributed by atoms with Gasteiger partial charge >= 0.3 is 12.2 Å². The molecular weight excluding hydrogens is 651 g/mol. The highest BCUT2D eigenvalue weighted by Gasteiger charge is 2.49. The number of aromatic nitrogens is 3. The summed E-state index contributed by atoms with van der Waals surface area (Å²) in [5, 5.41) is 21.5. The molecule has 2 bridgehead atoms. The van der Waals surface area contributed by atoms with E-state index in [4.69, 9.17) is 14.5 Å². The zero-order chi connectivity index (χ0) is 34.9. The summed E-state index contributed by atoms with van der Waals surface area (Å²) in [4.78, 5) is 29.8. The Morgan fingerprint density at radius 2 is 1.90 bits per heavy atom. The van der Waals surface area contributed by atoms with Crippen molar-refractivity contribution in [2.24, 2.45) is 11.8 Å². The summed E-state index contributed by atoms with van der Waals surface area (Å²) in [6.07, 6.45) is 2.91. The maximum atomic E-state index is 17.2. The minimum atomic E-state index is -1.53. The van der Waals surface area contributed by atoms with Crippen LogP contribution in [-0.2, 0) is 12.8 Å². The average Bonchev–Trinajstić information content (AvgIpc) is 3.70. The highest BCUT2D eigenvalue weighted by Crippen LogP contribution is 2.45. The van der Waals surface area contributed by atoms with Crippen molar-refractivity contribution in [1.29, 1.82) is 0 Å². The van der Waals surface area contributed by atoms with Gasteiger partial charge in [0.1, 0.15) is 41.4 Å². The molecule has 4 aliphatic rings. The number of fused-ring (bicyclic) bond motifs is 5. The summed E-state index contributed by atoms with van der Waals surface area (Å²) in [6, 6.07) is 4.25. The predicted octanol–water partition coefficient (Wildman–Crippen LogP) is 6.47. The van der Waals surface area contributed by atoms with E-state index < -0.39 is 35.6 Å². The summed E-state index contributed by atoms with van der Waals surface area (Å²) in [7, 11) is 0. The molecular formula is C37H40F3N5O5. The second-order valence-corrected chi connectivity index (χ2v) is 14.4. The number of piperidine rings is 1. The molecule has 3 saturated heterocycles. The van der Waals surface area contributed by atoms with Gasteiger partial charge in [-0.25, -0.2) is 18.0 Å². The van der Waals surface area contributed by atoms with E-state index in [1.165, 1.54) is 18.3 Å². The molecule has 0 amide bonds. The Labute approximate surface area is 287 Å². The first-order valence-electron chi connectivity index (χ1n) is 17.6. The normalized spacial score (nSPS) is 26.2. The van der Waals surface area contributed by atoms with Crippen molar-refractivity contribution < 1.29 is 37.7 Å². The third kappa shape index (κ3) is 5.40. The van der Waals surface area contributed by atoms with Crippen molar-refractivity contribution in [2.75, 3.05) is 37.7 Å². The molecule has 1 aliphatic carbocycles. The number of hydrogen-bond acceptors (Lipinski definition) is 9. The van der Waals surface area contributed by atoms with Crippen LogP contribution in [0.25, 0.3) is 32.9 Å². The summed E-state index contributed by atoms with van der Waals surface area (Å²) < 4.78 is 58.5. The number of carboxylic acid groups (broad SMARTS) is 1. The number of pyridine rings is 1. The van der Waals surface area contributed by atoms with Gasteiger partial charge < -0.3 is 24.6 Å². The predicted molar refractivity (Wildman–Crippen MR) is 181 cm³/mol. The summed E-state index contributed by atoms with van der Waals surface area (Å²) in [6.45, 7) is 6.06. The van der Waals surface area contributed by atoms with Gasteiger partial charge in [-0.15, -0.1) is 0 Å². The molecule has 2 aromatic heterocycles. The van der Waals surface area contributed by atoms with Crippen LogP contribution in [0, 0.1) is 23.5 Å². The second kappa shape index (κ2) is 12.5. The zero-order valence-corrected chi connectivity index (χ0v) is 28.1. The maximum Gasteiger partial charge on any atom is 0.511 e. The molecule has 0 radical (unpaired) electrons. The van der Waals surface area contributed by atoms with Gasteiger partial charge in [-0.1, -0.05) is 19.9 Å². The number of anilines is 1. The van der Waals surface area contributed by atoms with Gasteiger partial charge in [-0.05, 0) is 79.5 Å². The van der Waals surface area contributed by atoms with Gasteiger partial charge in [0, 0.05) is 49.3 Å². The summed E-state index contributed by atoms with van der Waals surface area (Å²) in [5.74, 6) is -0.538. The van der Waals surface area contributed by atoms with E-state index in [1.807, 2.05) is 11.8 Å². The Hall–Kier alpha value is -4.23. The average molecular weight is 692 g/mol. The standard InChI is InChI=1S/C37H40F3N5O5/c1-3-22-24-6-7-27(39)23(4-2)30(24)25(12-29(22)50-36(47)48)32-31(40)33-26(14-41-32)34(44-15-19-10-20(16-44)28(46)11-19)43-35(42-33)49-18-37-8-5-9-45(37)17-21(38)13-37/h6-7,12,14,19-21,28,46H,3-5,8-11,13,15-18H2,1-2H3,(H,47,48)/t19-,20-,21-,28-,37+/m1/s1. The highest BCUT2D eigenvalue weighted by molar-refractivity contribution is 6.04. The van der Waals surface area contributed by atoms with Gasteiger partial charge in [0.25, 0.3) is 0 Å². The largest absolute Gasteiger partial charge is 0.511 e. The number of aliphatic hydroxyl groups is 1. The lowest BCUT2D eigenvalue weighted by molar-refractivity contribution is 0.107. The number of hydrogen-bond donors (Lipinski definition) is 2. The van der Waals surface area contributed by atoms with E-state index in [0.717, 1.165) is 25.8 Å². The topological polar surface area (TPSA) is 121 Å². The van der Waals surface area contributed by atoms with E-state index in [9.17, 15) is 19.4 Å². The minimum absolute atomic E-state index is 0.00955. The van der Waals surface area contributed by atoms with E-state index in [2.05, 4.69) is 14.9 Å². The van der Waals surface area contributed by atoms with Crippen LogP contribution < -0.4 is 14.4 Å². The van der Waals surface area contributed by atoms with Crippen molar-refractivity contribution in [1.82, 2.24) is 19.9 Å². The molecule has 3 aliphatic heterocycles. The molecule has 264 valence electrons. The molecule has 4 aromatic rings. The number of aliphatic hydroxyl groups excluding tert-OH is 1. The Balaban J connectivity index is 1.30. The van der Waals surface area contributed by atoms with Crippen LogP contribution in [0.3, 0.4) is 0 Å². The van der Waals surface area contributed by atoms with E-state index >= 15 is 8.78 Å². The number of nitrogens with zero attached hydrogens (tertiary/aromatic N) is 5. The van der Waals surface area contributed by atoms with E-state index in [1.54, 1.807) is 13.0 Å². The van der Waals surface area contributed by atoms with Crippen molar-refractivity contribution >= 4 is 33.6 Å². The molecule has 2 aromatic carbocycles. The minimum Gasteiger partial charge on any atom is -0.461 e. The van der Waals surface area contributed by atoms with E-state index in [0.29, 0.717) is 78.4 Å². The first kappa shape index (κ1) is 32.9. The quantitative estimate of drug-likeness (QED) is 0.157. The molecule has 5 heterocycles. The molecule has 13 heteroatoms. The van der Waals surface area contributed by atoms with Crippen molar-refractivity contribution in [3.05, 3.63) is 47.2 Å². The highest BCUT2D eigenvalue weighted by atomic mass is 19.1. The number of aryl methyl sites for hydroxylation is 2. The second-order valence-electron chi connectivity index (χ2n) is 14.4. The third-order valence-corrected chi connectivity index (χ3v) is 11.4. The van der Waals surface area contributed by atoms with Crippen molar-refractivity contribution in [2.45, 2.75) is 76.6 Å². The molecule has 1 saturated carbocycles. The van der Waals surface area contributed by atoms with Gasteiger partial charge in [-0.2, -0.15) is 9.97 Å². The molecule has 0 unspecified atom stereocenters. The van der Waals surface area contributed by atoms with Crippen LogP contribution in [0.1, 0.15) is 57.1 Å². The van der Waals surface area contributed by atoms with Crippen LogP contribution in [0.15, 0.2) is 24.4 Å². The molecule has 50 heavy (non-hydrogen) atoms. The fourth-order valence-electron chi connectivity index (χ4n) is 9.25. The lowest BCUT2D eigenvalue weighted by Crippen LogP contribution is -2.43. The number of rotatable bonds is 8. The molecule has 0 spiro atoms. The number of benzene rings is 2. The van der Waals surface area contributed by atoms with Gasteiger partial charge in [0.2, 0.25) is 0 Å². The van der Waals surface area contributed by atoms with Crippen LogP contribution >= 0.6 is 0 Å². The summed E-state index contributed by atoms with van der Waals surface area (Å²) in [5.41, 5.74) is 0.371. The van der Waals surface area contributed by atoms with Crippen molar-refractivity contribution in [3.8, 4) is 23.0 Å². The van der Waals surface area contributed by atoms with Gasteiger partial charge in [0.05, 0.1) is 17.0 Å². The molecule has 5 atom stereocenters. The van der Waals surface area contributed by atoms with Crippen molar-refractivity contribution in [3.63, 3.8) is 0 Å². The van der Waals surface area contributed by atoms with Crippen LogP contribution in [0.4, 0.5) is 23.8 Å². The molecule has 10 nitrogen and oxygen atoms in total. The fourth-order valence-corrected chi connectivity index (χ4v) is 9.25. The summed E-state index contributed by atoms with van der Waals surface area (Å²) >= 11 is 0. The fraction of sp³-hybridized carbons (Fsp3) is 0.514. The Morgan fingerprint density at radius 3 is 2.66 bits per heavy atom. The van der Waals surface area contributed by atoms with E-state index in [-0.39, 0.29) is 47.0 Å². The number of ether oxygens (including phenoxy) is 2. The number of halogens is 3. The van der Waals surface area contributed by atoms with Gasteiger partial charge in [0.15, 0.2) is 5.82 Å². The molecule has 8 rings (SSSR count). The lowest BCUT2D eigenvalue weighted by Gasteiger charge is -2.34. The first-order valence-corrected chi connectivity index (χ1v) is 17.6. The number of carbonyl (C=O) groups is 1. The first-order chi connectivity index (χ1) is 24.1. The SMILES string of the molecule is CCc1c(OC(=O)O)cc(-c2ncc3c(N4C[C@@H]5C[C@H](C4)[C@H](O)C5)nc(OC[C@@]45CCCN4C[C@H](F)C5)nc3c2F)c2c(CC)c(F)ccc12. The lowest BCUT2D eigenvalue weighted by atomic mass is 9.90. The van der Waals surface area contributed by atoms with Crippen LogP contribution in [-0.4, -0.2) is 86.8 Å². The Kier molecular flexibility index (Phi) is 8.25. The Morgan fingerprint density at radius 1 is 1.08 bits per heavy atom. The van der Waals surface area contributed by atoms with Crippen LogP contribution in [0.2, 0.25) is 0 Å². The Bertz CT molecular complexity index is 2010. The molecule has 4 fully saturated rings. The third-order valence-electron chi connectivity index (χ3n) is 11.4. The molecule has 2 N–H and O–H groups in total. The zero-order valence-electron chi connectivity index (χ0n) is 28.1. The number of alkyl halides is 1. The maximum absolute atomic E-state index is 17.2. The van der Waals surface area contributed by atoms with Crippen LogP contribution in [0.5, 0.6) is 11.8 Å². The van der Waals surface area contributed by atoms with Gasteiger partial charge in [-0.3, -0.25) is 9.88 Å². The smallest absolute Gasteiger partial charge is 0.461 e.